The Morgan fingerprint density at radius 3 is 1.11 bits per heavy atom. The van der Waals surface area contributed by atoms with E-state index in [9.17, 15) is 0 Å². The fourth-order valence-electron chi connectivity index (χ4n) is 0.333. The summed E-state index contributed by atoms with van der Waals surface area (Å²) in [5.41, 5.74) is 0. The minimum absolute atomic E-state index is 0.0756. The van der Waals surface area contributed by atoms with Crippen LogP contribution in [0.25, 0.3) is 0 Å². The third-order valence-corrected chi connectivity index (χ3v) is 3.78. The summed E-state index contributed by atoms with van der Waals surface area (Å²) in [6, 6.07) is 0. The van der Waals surface area contributed by atoms with Crippen molar-refractivity contribution >= 4 is 36.4 Å². The fourth-order valence-corrected chi connectivity index (χ4v) is 1.00. The minimum atomic E-state index is -0.650. The Kier molecular flexibility index (Phi) is 40.0. The van der Waals surface area contributed by atoms with Crippen molar-refractivity contribution in [3.8, 4) is 0 Å². The molecule has 0 N–H and O–H groups in total. The summed E-state index contributed by atoms with van der Waals surface area (Å²) in [7, 11) is 4.00. The van der Waals surface area contributed by atoms with Gasteiger partial charge in [-0.25, -0.2) is 0 Å². The summed E-state index contributed by atoms with van der Waals surface area (Å²) in [6.07, 6.45) is 1.01. The highest BCUT2D eigenvalue weighted by atomic mass is 28.3. The molecule has 0 saturated heterocycles. The smallest absolute Gasteiger partial charge is 0.170 e. The van der Waals surface area contributed by atoms with Gasteiger partial charge in [0, 0.05) is 36.4 Å². The molecule has 0 atom stereocenters. The molecule has 0 bridgehead atoms. The summed E-state index contributed by atoms with van der Waals surface area (Å²) in [5, 5.41) is 0. The van der Waals surface area contributed by atoms with Crippen molar-refractivity contribution in [2.75, 3.05) is 27.6 Å². The largest absolute Gasteiger partial charge is 0.427 e. The predicted molar refractivity (Wildman–Crippen MR) is 103 cm³/mol. The van der Waals surface area contributed by atoms with Crippen LogP contribution in [0.15, 0.2) is 0 Å². The van der Waals surface area contributed by atoms with Gasteiger partial charge in [0.2, 0.25) is 0 Å². The van der Waals surface area contributed by atoms with Gasteiger partial charge in [-0.3, -0.25) is 0 Å². The first-order valence-corrected chi connectivity index (χ1v) is 18.6. The van der Waals surface area contributed by atoms with Gasteiger partial charge in [0.15, 0.2) is 18.8 Å². The Bertz CT molecular complexity index is 121. The van der Waals surface area contributed by atoms with Crippen LogP contribution in [0.4, 0.5) is 0 Å². The number of methoxy groups -OCH3 is 1. The molecule has 0 heterocycles. The third-order valence-electron chi connectivity index (χ3n) is 1.26. The van der Waals surface area contributed by atoms with E-state index in [1.807, 2.05) is 0 Å². The van der Waals surface area contributed by atoms with Gasteiger partial charge in [-0.1, -0.05) is 39.3 Å². The molecule has 0 amide bonds. The third kappa shape index (κ3) is 115. The standard InChI is InChI=1S/C4H12OSi.C3H10OSi.C3H10Si.C2H8OSi/c1-5-4-6(2)3;1-4-5(2)3;1-4(2)3;1-3-4-2/h6H,4H2,1-3H3;5H,1-3H3;4H,1-3H3;4H2,1-2H3. The Morgan fingerprint density at radius 2 is 1.11 bits per heavy atom. The van der Waals surface area contributed by atoms with Crippen molar-refractivity contribution in [3.05, 3.63) is 0 Å². The highest BCUT2D eigenvalue weighted by Gasteiger charge is 1.88. The summed E-state index contributed by atoms with van der Waals surface area (Å²) < 4.78 is 14.4. The molecule has 7 heteroatoms. The lowest BCUT2D eigenvalue weighted by atomic mass is 11.5. The molecule has 0 aliphatic rings. The molecule has 0 unspecified atom stereocenters. The Labute approximate surface area is 130 Å². The Balaban J connectivity index is -0.0000000803. The summed E-state index contributed by atoms with van der Waals surface area (Å²) in [4.78, 5) is 0. The lowest BCUT2D eigenvalue weighted by Crippen LogP contribution is -2.08. The van der Waals surface area contributed by atoms with Crippen LogP contribution >= 0.6 is 0 Å². The van der Waals surface area contributed by atoms with Crippen molar-refractivity contribution in [1.82, 2.24) is 0 Å². The molecule has 0 aromatic rings. The van der Waals surface area contributed by atoms with Crippen molar-refractivity contribution in [2.45, 2.75) is 52.4 Å². The number of hydrogen-bond donors (Lipinski definition) is 0. The zero-order valence-corrected chi connectivity index (χ0v) is 20.2. The van der Waals surface area contributed by atoms with E-state index in [1.54, 1.807) is 21.3 Å². The number of hydrogen-bond acceptors (Lipinski definition) is 3. The Hall–Kier alpha value is 0.748. The van der Waals surface area contributed by atoms with Crippen molar-refractivity contribution < 1.29 is 13.6 Å². The molecule has 0 aromatic carbocycles. The van der Waals surface area contributed by atoms with E-state index >= 15 is 0 Å². The van der Waals surface area contributed by atoms with Gasteiger partial charge in [-0.2, -0.15) is 0 Å². The molecule has 0 fully saturated rings. The lowest BCUT2D eigenvalue weighted by Gasteiger charge is -1.95. The van der Waals surface area contributed by atoms with Gasteiger partial charge in [0.05, 0.1) is 8.80 Å². The normalized spacial score (nSPS) is 9.79. The maximum Gasteiger partial charge on any atom is 0.170 e. The summed E-state index contributed by atoms with van der Waals surface area (Å²) in [5.74, 6) is 0. The molecule has 0 aliphatic heterocycles. The van der Waals surface area contributed by atoms with Gasteiger partial charge < -0.3 is 13.6 Å². The zero-order valence-electron chi connectivity index (χ0n) is 15.4. The van der Waals surface area contributed by atoms with Crippen molar-refractivity contribution in [2.24, 2.45) is 0 Å². The Morgan fingerprint density at radius 1 is 0.842 bits per heavy atom. The van der Waals surface area contributed by atoms with Crippen LogP contribution < -0.4 is 0 Å². The van der Waals surface area contributed by atoms with Gasteiger partial charge in [-0.05, 0) is 13.1 Å². The van der Waals surface area contributed by atoms with E-state index in [0.29, 0.717) is 0 Å². The quantitative estimate of drug-likeness (QED) is 0.731. The van der Waals surface area contributed by atoms with E-state index in [1.165, 1.54) is 0 Å². The van der Waals surface area contributed by atoms with Gasteiger partial charge >= 0.3 is 0 Å². The molecule has 0 saturated carbocycles. The minimum Gasteiger partial charge on any atom is -0.427 e. The fraction of sp³-hybridized carbons (Fsp3) is 1.00. The lowest BCUT2D eigenvalue weighted by molar-refractivity contribution is 0.249. The highest BCUT2D eigenvalue weighted by Crippen LogP contribution is 1.76. The van der Waals surface area contributed by atoms with Gasteiger partial charge in [0.25, 0.3) is 0 Å². The average Bonchev–Trinajstić information content (AvgIpc) is 2.29. The van der Waals surface area contributed by atoms with E-state index < -0.39 is 17.8 Å². The van der Waals surface area contributed by atoms with Crippen molar-refractivity contribution in [1.29, 1.82) is 0 Å². The van der Waals surface area contributed by atoms with Crippen LogP contribution in [0.1, 0.15) is 0 Å². The monoisotopic (exact) mass is 344 g/mol. The maximum absolute atomic E-state index is 4.89. The van der Waals surface area contributed by atoms with Crippen LogP contribution in [0.3, 0.4) is 0 Å². The molecule has 0 radical (unpaired) electrons. The van der Waals surface area contributed by atoms with Crippen LogP contribution in [-0.2, 0) is 13.6 Å². The zero-order chi connectivity index (χ0) is 16.3. The predicted octanol–water partition coefficient (Wildman–Crippen LogP) is 2.14. The first kappa shape index (κ1) is 28.0. The molecule has 122 valence electrons. The van der Waals surface area contributed by atoms with Gasteiger partial charge in [0.1, 0.15) is 0 Å². The van der Waals surface area contributed by atoms with E-state index in [0.717, 1.165) is 6.23 Å². The molecule has 19 heavy (non-hydrogen) atoms. The summed E-state index contributed by atoms with van der Waals surface area (Å²) >= 11 is 0. The van der Waals surface area contributed by atoms with E-state index in [2.05, 4.69) is 56.8 Å². The molecule has 0 aromatic heterocycles. The first-order chi connectivity index (χ1) is 8.69. The van der Waals surface area contributed by atoms with Crippen LogP contribution in [-0.4, -0.2) is 64.0 Å². The summed E-state index contributed by atoms with van der Waals surface area (Å²) in [6.45, 7) is 17.8. The van der Waals surface area contributed by atoms with E-state index in [4.69, 9.17) is 9.16 Å². The average molecular weight is 345 g/mol. The second-order valence-corrected chi connectivity index (χ2v) is 15.8. The van der Waals surface area contributed by atoms with Crippen LogP contribution in [0.5, 0.6) is 0 Å². The van der Waals surface area contributed by atoms with Crippen molar-refractivity contribution in [3.63, 3.8) is 0 Å². The molecular weight excluding hydrogens is 304 g/mol. The van der Waals surface area contributed by atoms with E-state index in [-0.39, 0.29) is 18.6 Å². The molecule has 0 rings (SSSR count). The van der Waals surface area contributed by atoms with Crippen LogP contribution in [0, 0.1) is 0 Å². The molecular formula is C12H40O3Si4. The second-order valence-electron chi connectivity index (χ2n) is 5.44. The SMILES string of the molecule is COC[SiH](C)C.CO[SiH2]C.CO[SiH](C)C.C[SiH](C)C. The maximum atomic E-state index is 4.89. The number of rotatable bonds is 4. The first-order valence-electron chi connectivity index (χ1n) is 7.19. The van der Waals surface area contributed by atoms with Crippen LogP contribution in [0.2, 0.25) is 52.4 Å². The topological polar surface area (TPSA) is 27.7 Å². The van der Waals surface area contributed by atoms with Gasteiger partial charge in [-0.15, -0.1) is 0 Å². The highest BCUT2D eigenvalue weighted by molar-refractivity contribution is 6.55. The second kappa shape index (κ2) is 27.2. The molecule has 0 aliphatic carbocycles. The number of ether oxygens (including phenoxy) is 1. The molecule has 0 spiro atoms. The molecule has 3 nitrogen and oxygen atoms in total.